The summed E-state index contributed by atoms with van der Waals surface area (Å²) in [5.41, 5.74) is 0.730. The number of nitrogens with one attached hydrogen (secondary N) is 1. The van der Waals surface area contributed by atoms with Crippen LogP contribution in [0.4, 0.5) is 13.2 Å². The van der Waals surface area contributed by atoms with E-state index in [2.05, 4.69) is 21.4 Å². The summed E-state index contributed by atoms with van der Waals surface area (Å²) in [7, 11) is 0. The van der Waals surface area contributed by atoms with Crippen molar-refractivity contribution >= 4 is 17.2 Å². The standard InChI is InChI=1S/C24H25F3N4OS/c25-24(26,27)17-5-3-6-18(13-17)31-22(16-8-9-16)19(14-29-31)23(32)28-15-20(21-7-4-12-33-21)30-10-1-2-11-30/h3-7,12-14,16,20H,1-2,8-11,15H2,(H,28,32). The minimum absolute atomic E-state index is 0.124. The molecule has 1 amide bonds. The Balaban J connectivity index is 1.39. The van der Waals surface area contributed by atoms with Gasteiger partial charge in [0.2, 0.25) is 0 Å². The minimum atomic E-state index is -4.44. The second-order valence-electron chi connectivity index (χ2n) is 8.66. The largest absolute Gasteiger partial charge is 0.416 e. The van der Waals surface area contributed by atoms with Crippen LogP contribution >= 0.6 is 11.3 Å². The molecule has 0 radical (unpaired) electrons. The molecule has 2 aromatic heterocycles. The molecule has 1 unspecified atom stereocenters. The van der Waals surface area contributed by atoms with Crippen molar-refractivity contribution in [3.63, 3.8) is 0 Å². The van der Waals surface area contributed by atoms with Crippen molar-refractivity contribution in [1.29, 1.82) is 0 Å². The van der Waals surface area contributed by atoms with Gasteiger partial charge < -0.3 is 5.32 Å². The van der Waals surface area contributed by atoms with E-state index in [1.54, 1.807) is 17.4 Å². The van der Waals surface area contributed by atoms with Crippen LogP contribution in [0.3, 0.4) is 0 Å². The van der Waals surface area contributed by atoms with Crippen molar-refractivity contribution in [1.82, 2.24) is 20.0 Å². The van der Waals surface area contributed by atoms with E-state index in [-0.39, 0.29) is 17.9 Å². The zero-order valence-corrected chi connectivity index (χ0v) is 18.8. The van der Waals surface area contributed by atoms with E-state index in [9.17, 15) is 18.0 Å². The Bertz CT molecular complexity index is 1120. The number of amides is 1. The summed E-state index contributed by atoms with van der Waals surface area (Å²) in [6, 6.07) is 9.34. The van der Waals surface area contributed by atoms with Gasteiger partial charge in [0.15, 0.2) is 0 Å². The molecule has 5 rings (SSSR count). The van der Waals surface area contributed by atoms with Gasteiger partial charge in [-0.05, 0) is 68.4 Å². The van der Waals surface area contributed by atoms with E-state index in [0.29, 0.717) is 23.5 Å². The summed E-state index contributed by atoms with van der Waals surface area (Å²) in [5.74, 6) is -0.0923. The van der Waals surface area contributed by atoms with Gasteiger partial charge in [-0.1, -0.05) is 12.1 Å². The Morgan fingerprint density at radius 2 is 1.97 bits per heavy atom. The fourth-order valence-corrected chi connectivity index (χ4v) is 5.39. The number of benzene rings is 1. The molecule has 5 nitrogen and oxygen atoms in total. The highest BCUT2D eigenvalue weighted by atomic mass is 32.1. The Morgan fingerprint density at radius 3 is 2.64 bits per heavy atom. The molecular formula is C24H25F3N4OS. The molecule has 0 bridgehead atoms. The number of alkyl halides is 3. The number of halogens is 3. The van der Waals surface area contributed by atoms with Crippen LogP contribution in [0.5, 0.6) is 0 Å². The van der Waals surface area contributed by atoms with Crippen LogP contribution in [-0.2, 0) is 6.18 Å². The average Bonchev–Trinajstić information content (AvgIpc) is 3.21. The first-order chi connectivity index (χ1) is 15.9. The number of likely N-dealkylation sites (tertiary alicyclic amines) is 1. The zero-order chi connectivity index (χ0) is 23.0. The molecule has 1 atom stereocenters. The lowest BCUT2D eigenvalue weighted by Gasteiger charge is -2.27. The summed E-state index contributed by atoms with van der Waals surface area (Å²) in [6.07, 6.45) is 1.17. The van der Waals surface area contributed by atoms with Gasteiger partial charge in [0, 0.05) is 17.3 Å². The van der Waals surface area contributed by atoms with E-state index in [4.69, 9.17) is 0 Å². The van der Waals surface area contributed by atoms with Gasteiger partial charge in [-0.3, -0.25) is 9.69 Å². The number of thiophene rings is 1. The predicted octanol–water partition coefficient (Wildman–Crippen LogP) is 5.40. The molecule has 1 aliphatic heterocycles. The summed E-state index contributed by atoms with van der Waals surface area (Å²) < 4.78 is 41.1. The molecule has 3 aromatic rings. The smallest absolute Gasteiger partial charge is 0.350 e. The van der Waals surface area contributed by atoms with Crippen LogP contribution in [-0.4, -0.2) is 40.2 Å². The van der Waals surface area contributed by atoms with Crippen LogP contribution in [0.2, 0.25) is 0 Å². The third-order valence-corrected chi connectivity index (χ3v) is 7.32. The maximum absolute atomic E-state index is 13.2. The van der Waals surface area contributed by atoms with E-state index in [1.165, 1.54) is 21.8 Å². The number of carbonyl (C=O) groups is 1. The van der Waals surface area contributed by atoms with Crippen molar-refractivity contribution in [3.05, 3.63) is 69.7 Å². The lowest BCUT2D eigenvalue weighted by Crippen LogP contribution is -2.36. The molecule has 1 N–H and O–H groups in total. The lowest BCUT2D eigenvalue weighted by atomic mass is 10.1. The Hall–Kier alpha value is -2.65. The van der Waals surface area contributed by atoms with Crippen molar-refractivity contribution in [2.75, 3.05) is 19.6 Å². The maximum atomic E-state index is 13.2. The van der Waals surface area contributed by atoms with Gasteiger partial charge in [0.1, 0.15) is 0 Å². The third-order valence-electron chi connectivity index (χ3n) is 6.34. The Morgan fingerprint density at radius 1 is 1.18 bits per heavy atom. The molecular weight excluding hydrogens is 449 g/mol. The quantitative estimate of drug-likeness (QED) is 0.499. The monoisotopic (exact) mass is 474 g/mol. The number of carbonyl (C=O) groups excluding carboxylic acids is 1. The van der Waals surface area contributed by atoms with E-state index in [1.807, 2.05) is 11.4 Å². The molecule has 1 saturated carbocycles. The Kier molecular flexibility index (Phi) is 6.01. The van der Waals surface area contributed by atoms with Crippen LogP contribution in [0, 0.1) is 0 Å². The molecule has 2 fully saturated rings. The van der Waals surface area contributed by atoms with Gasteiger partial charge in [-0.2, -0.15) is 18.3 Å². The van der Waals surface area contributed by atoms with E-state index >= 15 is 0 Å². The highest BCUT2D eigenvalue weighted by Crippen LogP contribution is 2.43. The van der Waals surface area contributed by atoms with Gasteiger partial charge >= 0.3 is 6.18 Å². The highest BCUT2D eigenvalue weighted by Gasteiger charge is 2.35. The van der Waals surface area contributed by atoms with Gasteiger partial charge in [0.05, 0.1) is 34.7 Å². The van der Waals surface area contributed by atoms with Crippen molar-refractivity contribution in [3.8, 4) is 5.69 Å². The first-order valence-corrected chi connectivity index (χ1v) is 12.1. The predicted molar refractivity (Wildman–Crippen MR) is 121 cm³/mol. The maximum Gasteiger partial charge on any atom is 0.416 e. The van der Waals surface area contributed by atoms with Crippen LogP contribution in [0.15, 0.2) is 48.0 Å². The number of hydrogen-bond donors (Lipinski definition) is 1. The fourth-order valence-electron chi connectivity index (χ4n) is 4.53. The molecule has 1 aliphatic carbocycles. The summed E-state index contributed by atoms with van der Waals surface area (Å²) in [4.78, 5) is 16.8. The highest BCUT2D eigenvalue weighted by molar-refractivity contribution is 7.10. The molecule has 174 valence electrons. The molecule has 9 heteroatoms. The van der Waals surface area contributed by atoms with Gasteiger partial charge in [0.25, 0.3) is 5.91 Å². The van der Waals surface area contributed by atoms with Crippen LogP contribution in [0.1, 0.15) is 64.1 Å². The number of nitrogens with zero attached hydrogens (tertiary/aromatic N) is 3. The molecule has 3 heterocycles. The van der Waals surface area contributed by atoms with Gasteiger partial charge in [-0.25, -0.2) is 4.68 Å². The molecule has 2 aliphatic rings. The zero-order valence-electron chi connectivity index (χ0n) is 18.0. The Labute approximate surface area is 194 Å². The molecule has 0 spiro atoms. The first-order valence-electron chi connectivity index (χ1n) is 11.2. The summed E-state index contributed by atoms with van der Waals surface area (Å²) in [5, 5.41) is 9.45. The number of rotatable bonds is 7. The van der Waals surface area contributed by atoms with Crippen LogP contribution in [0.25, 0.3) is 5.69 Å². The average molecular weight is 475 g/mol. The normalized spacial score (nSPS) is 17.9. The van der Waals surface area contributed by atoms with E-state index < -0.39 is 11.7 Å². The topological polar surface area (TPSA) is 50.2 Å². The second-order valence-corrected chi connectivity index (χ2v) is 9.64. The summed E-state index contributed by atoms with van der Waals surface area (Å²) in [6.45, 7) is 2.51. The number of hydrogen-bond acceptors (Lipinski definition) is 4. The lowest BCUT2D eigenvalue weighted by molar-refractivity contribution is -0.137. The van der Waals surface area contributed by atoms with Crippen molar-refractivity contribution < 1.29 is 18.0 Å². The molecule has 33 heavy (non-hydrogen) atoms. The summed E-state index contributed by atoms with van der Waals surface area (Å²) >= 11 is 1.69. The van der Waals surface area contributed by atoms with Crippen molar-refractivity contribution in [2.45, 2.75) is 43.8 Å². The fraction of sp³-hybridized carbons (Fsp3) is 0.417. The number of aromatic nitrogens is 2. The first kappa shape index (κ1) is 22.2. The molecule has 1 saturated heterocycles. The second kappa shape index (κ2) is 8.95. The SMILES string of the molecule is O=C(NCC(c1cccs1)N1CCCC1)c1cnn(-c2cccc(C(F)(F)F)c2)c1C1CC1. The van der Waals surface area contributed by atoms with Crippen molar-refractivity contribution in [2.24, 2.45) is 0 Å². The van der Waals surface area contributed by atoms with Crippen LogP contribution < -0.4 is 5.32 Å². The third kappa shape index (κ3) is 4.70. The van der Waals surface area contributed by atoms with Gasteiger partial charge in [-0.15, -0.1) is 11.3 Å². The minimum Gasteiger partial charge on any atom is -0.350 e. The molecule has 1 aromatic carbocycles. The van der Waals surface area contributed by atoms with E-state index in [0.717, 1.165) is 50.9 Å².